The van der Waals surface area contributed by atoms with Crippen molar-refractivity contribution in [3.8, 4) is 0 Å². The summed E-state index contributed by atoms with van der Waals surface area (Å²) in [4.78, 5) is 0. The molecule has 0 amide bonds. The van der Waals surface area contributed by atoms with Crippen LogP contribution in [0.3, 0.4) is 0 Å². The van der Waals surface area contributed by atoms with Crippen molar-refractivity contribution >= 4 is 0 Å². The number of aliphatic hydroxyl groups is 1. The van der Waals surface area contributed by atoms with E-state index in [2.05, 4.69) is 20.8 Å². The van der Waals surface area contributed by atoms with E-state index in [9.17, 15) is 0 Å². The van der Waals surface area contributed by atoms with Gasteiger partial charge in [-0.3, -0.25) is 0 Å². The van der Waals surface area contributed by atoms with E-state index in [0.717, 1.165) is 19.6 Å². The zero-order valence-electron chi connectivity index (χ0n) is 15.3. The predicted octanol–water partition coefficient (Wildman–Crippen LogP) is 5.10. The first-order chi connectivity index (χ1) is 10.7. The molecule has 2 atom stereocenters. The van der Waals surface area contributed by atoms with Crippen molar-refractivity contribution in [3.63, 3.8) is 0 Å². The number of unbranched alkanes of at least 4 members (excludes halogenated alkanes) is 9. The fourth-order valence-corrected chi connectivity index (χ4v) is 2.00. The van der Waals surface area contributed by atoms with Gasteiger partial charge in [-0.15, -0.1) is 0 Å². The van der Waals surface area contributed by atoms with Crippen LogP contribution in [0.1, 0.15) is 91.4 Å². The van der Waals surface area contributed by atoms with Gasteiger partial charge in [-0.2, -0.15) is 0 Å². The van der Waals surface area contributed by atoms with E-state index in [1.165, 1.54) is 64.2 Å². The number of epoxide rings is 2. The molecule has 22 heavy (non-hydrogen) atoms. The summed E-state index contributed by atoms with van der Waals surface area (Å²) in [6, 6.07) is 0. The topological polar surface area (TPSA) is 45.3 Å². The molecule has 2 rings (SSSR count). The lowest BCUT2D eigenvalue weighted by Crippen LogP contribution is -1.84. The summed E-state index contributed by atoms with van der Waals surface area (Å²) in [5.41, 5.74) is 0. The maximum Gasteiger partial charge on any atom is 0.0807 e. The van der Waals surface area contributed by atoms with Gasteiger partial charge in [-0.05, 0) is 19.8 Å². The fourth-order valence-electron chi connectivity index (χ4n) is 2.00. The summed E-state index contributed by atoms with van der Waals surface area (Å²) < 4.78 is 9.57. The van der Waals surface area contributed by atoms with Crippen molar-refractivity contribution in [3.05, 3.63) is 0 Å². The second kappa shape index (κ2) is 17.2. The van der Waals surface area contributed by atoms with Gasteiger partial charge in [0.2, 0.25) is 0 Å². The van der Waals surface area contributed by atoms with E-state index < -0.39 is 0 Å². The second-order valence-electron chi connectivity index (χ2n) is 6.41. The minimum atomic E-state index is 0.372. The SMILES string of the molecule is CC1CO1.CCC1CO1.CCCCCCCCCCCCO. The standard InChI is InChI=1S/C12H26O.C4H8O.C3H6O/c1-2-3-4-5-6-7-8-9-10-11-12-13;1-2-4-3-5-4;1-3-2-4-3/h13H,2-12H2,1H3;4H,2-3H2,1H3;3H,2H2,1H3. The van der Waals surface area contributed by atoms with Crippen molar-refractivity contribution in [2.45, 2.75) is 104 Å². The minimum Gasteiger partial charge on any atom is -0.396 e. The Morgan fingerprint density at radius 1 is 0.773 bits per heavy atom. The maximum absolute atomic E-state index is 8.57. The maximum atomic E-state index is 8.57. The monoisotopic (exact) mass is 316 g/mol. The van der Waals surface area contributed by atoms with Crippen LogP contribution in [-0.2, 0) is 9.47 Å². The van der Waals surface area contributed by atoms with Crippen LogP contribution < -0.4 is 0 Å². The fraction of sp³-hybridized carbons (Fsp3) is 1.00. The van der Waals surface area contributed by atoms with Gasteiger partial charge in [0.05, 0.1) is 25.4 Å². The Bertz CT molecular complexity index is 191. The van der Waals surface area contributed by atoms with Crippen LogP contribution in [0.4, 0.5) is 0 Å². The highest BCUT2D eigenvalue weighted by atomic mass is 16.6. The van der Waals surface area contributed by atoms with Crippen molar-refractivity contribution in [1.82, 2.24) is 0 Å². The van der Waals surface area contributed by atoms with Gasteiger partial charge in [0.15, 0.2) is 0 Å². The van der Waals surface area contributed by atoms with Gasteiger partial charge in [-0.25, -0.2) is 0 Å². The zero-order chi connectivity index (χ0) is 16.5. The average molecular weight is 317 g/mol. The normalized spacial score (nSPS) is 21.3. The van der Waals surface area contributed by atoms with Crippen LogP contribution in [0.15, 0.2) is 0 Å². The van der Waals surface area contributed by atoms with Gasteiger partial charge in [0.25, 0.3) is 0 Å². The number of aliphatic hydroxyl groups excluding tert-OH is 1. The first kappa shape index (κ1) is 21.9. The molecule has 2 heterocycles. The lowest BCUT2D eigenvalue weighted by Gasteiger charge is -2.00. The highest BCUT2D eigenvalue weighted by Crippen LogP contribution is 2.11. The molecular weight excluding hydrogens is 276 g/mol. The molecule has 3 heteroatoms. The van der Waals surface area contributed by atoms with Crippen LogP contribution in [0.5, 0.6) is 0 Å². The van der Waals surface area contributed by atoms with E-state index in [4.69, 9.17) is 14.6 Å². The van der Waals surface area contributed by atoms with Crippen LogP contribution >= 0.6 is 0 Å². The number of rotatable bonds is 11. The van der Waals surface area contributed by atoms with Crippen molar-refractivity contribution in [1.29, 1.82) is 0 Å². The summed E-state index contributed by atoms with van der Waals surface area (Å²) in [7, 11) is 0. The molecule has 2 unspecified atom stereocenters. The molecule has 0 radical (unpaired) electrons. The molecule has 2 saturated heterocycles. The lowest BCUT2D eigenvalue weighted by atomic mass is 10.1. The number of hydrogen-bond donors (Lipinski definition) is 1. The Morgan fingerprint density at radius 3 is 1.41 bits per heavy atom. The minimum absolute atomic E-state index is 0.372. The molecule has 2 aliphatic heterocycles. The Hall–Kier alpha value is -0.120. The van der Waals surface area contributed by atoms with Crippen molar-refractivity contribution in [2.24, 2.45) is 0 Å². The second-order valence-corrected chi connectivity index (χ2v) is 6.41. The van der Waals surface area contributed by atoms with Crippen LogP contribution in [0.25, 0.3) is 0 Å². The van der Waals surface area contributed by atoms with E-state index in [1.54, 1.807) is 0 Å². The third-order valence-electron chi connectivity index (χ3n) is 3.87. The molecule has 0 spiro atoms. The molecule has 1 N–H and O–H groups in total. The summed E-state index contributed by atoms with van der Waals surface area (Å²) in [5.74, 6) is 0. The average Bonchev–Trinajstić information content (AvgIpc) is 3.43. The van der Waals surface area contributed by atoms with E-state index in [-0.39, 0.29) is 0 Å². The summed E-state index contributed by atoms with van der Waals surface area (Å²) in [6.07, 6.45) is 15.7. The molecule has 0 bridgehead atoms. The first-order valence-electron chi connectivity index (χ1n) is 9.58. The van der Waals surface area contributed by atoms with Crippen LogP contribution in [-0.4, -0.2) is 37.1 Å². The van der Waals surface area contributed by atoms with E-state index in [0.29, 0.717) is 18.8 Å². The van der Waals surface area contributed by atoms with Gasteiger partial charge >= 0.3 is 0 Å². The highest BCUT2D eigenvalue weighted by molar-refractivity contribution is 4.64. The predicted molar refractivity (Wildman–Crippen MR) is 94.4 cm³/mol. The molecule has 0 aliphatic carbocycles. The van der Waals surface area contributed by atoms with Gasteiger partial charge in [0, 0.05) is 6.61 Å². The lowest BCUT2D eigenvalue weighted by molar-refractivity contribution is 0.282. The third kappa shape index (κ3) is 22.2. The number of ether oxygens (including phenoxy) is 2. The van der Waals surface area contributed by atoms with Gasteiger partial charge in [0.1, 0.15) is 0 Å². The molecule has 0 aromatic heterocycles. The molecule has 3 nitrogen and oxygen atoms in total. The highest BCUT2D eigenvalue weighted by Gasteiger charge is 2.18. The molecule has 0 saturated carbocycles. The molecule has 2 aliphatic rings. The van der Waals surface area contributed by atoms with Crippen molar-refractivity contribution < 1.29 is 14.6 Å². The molecular formula is C19H40O3. The van der Waals surface area contributed by atoms with E-state index >= 15 is 0 Å². The van der Waals surface area contributed by atoms with Gasteiger partial charge in [-0.1, -0.05) is 71.6 Å². The largest absolute Gasteiger partial charge is 0.396 e. The zero-order valence-corrected chi connectivity index (χ0v) is 15.3. The van der Waals surface area contributed by atoms with E-state index in [1.807, 2.05) is 0 Å². The van der Waals surface area contributed by atoms with Crippen molar-refractivity contribution in [2.75, 3.05) is 19.8 Å². The molecule has 0 aromatic rings. The smallest absolute Gasteiger partial charge is 0.0807 e. The molecule has 2 fully saturated rings. The Morgan fingerprint density at radius 2 is 1.18 bits per heavy atom. The summed E-state index contributed by atoms with van der Waals surface area (Å²) in [5, 5.41) is 8.57. The quantitative estimate of drug-likeness (QED) is 0.426. The third-order valence-corrected chi connectivity index (χ3v) is 3.87. The Balaban J connectivity index is 0.000000388. The van der Waals surface area contributed by atoms with Gasteiger partial charge < -0.3 is 14.6 Å². The summed E-state index contributed by atoms with van der Waals surface area (Å²) in [6.45, 7) is 8.82. The summed E-state index contributed by atoms with van der Waals surface area (Å²) >= 11 is 0. The molecule has 0 aromatic carbocycles. The Labute approximate surface area is 138 Å². The Kier molecular flexibility index (Phi) is 17.1. The van der Waals surface area contributed by atoms with Crippen LogP contribution in [0.2, 0.25) is 0 Å². The number of hydrogen-bond acceptors (Lipinski definition) is 3. The van der Waals surface area contributed by atoms with Crippen LogP contribution in [0, 0.1) is 0 Å². The first-order valence-corrected chi connectivity index (χ1v) is 9.58. The molecule has 134 valence electrons.